The van der Waals surface area contributed by atoms with Gasteiger partial charge in [0.1, 0.15) is 23.2 Å². The lowest BCUT2D eigenvalue weighted by atomic mass is 9.98. The molecule has 1 amide bonds. The number of halogens is 1. The normalized spacial score (nSPS) is 12.6. The summed E-state index contributed by atoms with van der Waals surface area (Å²) in [7, 11) is 0. The van der Waals surface area contributed by atoms with Gasteiger partial charge in [-0.1, -0.05) is 66.2 Å². The average molecular weight is 421 g/mol. The molecule has 2 aromatic carbocycles. The highest BCUT2D eigenvalue weighted by Gasteiger charge is 2.28. The Bertz CT molecular complexity index is 1050. The predicted octanol–water partition coefficient (Wildman–Crippen LogP) is 5.38. The first-order valence-corrected chi connectivity index (χ1v) is 10.1. The highest BCUT2D eigenvalue weighted by molar-refractivity contribution is 6.29. The van der Waals surface area contributed by atoms with Gasteiger partial charge >= 0.3 is 6.09 Å². The van der Waals surface area contributed by atoms with Crippen molar-refractivity contribution in [1.29, 1.82) is 0 Å². The molecular formula is C24H21ClN2O3. The largest absolute Gasteiger partial charge is 0.506 e. The van der Waals surface area contributed by atoms with Crippen molar-refractivity contribution in [3.05, 3.63) is 88.7 Å². The number of rotatable bonds is 6. The third kappa shape index (κ3) is 4.31. The number of nitrogens with zero attached hydrogens (tertiary/aromatic N) is 1. The van der Waals surface area contributed by atoms with Crippen LogP contribution in [0.3, 0.4) is 0 Å². The Morgan fingerprint density at radius 1 is 1.07 bits per heavy atom. The molecule has 5 nitrogen and oxygen atoms in total. The molecule has 152 valence electrons. The summed E-state index contributed by atoms with van der Waals surface area (Å²) in [4.78, 5) is 16.2. The van der Waals surface area contributed by atoms with Gasteiger partial charge in [-0.25, -0.2) is 9.78 Å². The number of alkyl carbamates (subject to hydrolysis) is 1. The molecule has 0 unspecified atom stereocenters. The average Bonchev–Trinajstić information content (AvgIpc) is 3.08. The fraction of sp³-hybridized carbons (Fsp3) is 0.167. The summed E-state index contributed by atoms with van der Waals surface area (Å²) < 4.78 is 5.50. The molecule has 4 rings (SSSR count). The number of amides is 1. The maximum absolute atomic E-state index is 12.1. The van der Waals surface area contributed by atoms with E-state index in [9.17, 15) is 9.90 Å². The summed E-state index contributed by atoms with van der Waals surface area (Å²) in [5, 5.41) is 12.8. The number of aromatic nitrogens is 1. The van der Waals surface area contributed by atoms with Crippen molar-refractivity contribution in [2.45, 2.75) is 12.3 Å². The molecule has 1 heterocycles. The summed E-state index contributed by atoms with van der Waals surface area (Å²) in [6, 6.07) is 19.5. The molecule has 0 bridgehead atoms. The van der Waals surface area contributed by atoms with Gasteiger partial charge in [0.25, 0.3) is 0 Å². The molecule has 0 aliphatic heterocycles. The van der Waals surface area contributed by atoms with E-state index in [1.54, 1.807) is 6.08 Å². The Labute approximate surface area is 180 Å². The second-order valence-electron chi connectivity index (χ2n) is 6.98. The number of nitrogens with one attached hydrogen (secondary N) is 1. The van der Waals surface area contributed by atoms with Gasteiger partial charge in [0.2, 0.25) is 0 Å². The lowest BCUT2D eigenvalue weighted by Gasteiger charge is -2.14. The highest BCUT2D eigenvalue weighted by Crippen LogP contribution is 2.44. The van der Waals surface area contributed by atoms with E-state index in [1.807, 2.05) is 30.3 Å². The van der Waals surface area contributed by atoms with E-state index >= 15 is 0 Å². The van der Waals surface area contributed by atoms with Gasteiger partial charge in [0.05, 0.1) is 0 Å². The van der Waals surface area contributed by atoms with Crippen LogP contribution in [0.2, 0.25) is 5.15 Å². The summed E-state index contributed by atoms with van der Waals surface area (Å²) in [6.07, 6.45) is 3.59. The van der Waals surface area contributed by atoms with Crippen molar-refractivity contribution >= 4 is 23.8 Å². The first-order valence-electron chi connectivity index (χ1n) is 9.74. The smallest absolute Gasteiger partial charge is 0.407 e. The van der Waals surface area contributed by atoms with Crippen LogP contribution in [0, 0.1) is 0 Å². The van der Waals surface area contributed by atoms with Crippen LogP contribution < -0.4 is 5.32 Å². The first kappa shape index (κ1) is 20.0. The fourth-order valence-electron chi connectivity index (χ4n) is 3.67. The summed E-state index contributed by atoms with van der Waals surface area (Å²) in [6.45, 7) is 0.699. The third-order valence-corrected chi connectivity index (χ3v) is 5.28. The van der Waals surface area contributed by atoms with Gasteiger partial charge in [-0.15, -0.1) is 0 Å². The minimum atomic E-state index is -0.450. The number of benzene rings is 2. The molecule has 1 aliphatic rings. The number of aromatic hydroxyl groups is 1. The monoisotopic (exact) mass is 420 g/mol. The van der Waals surface area contributed by atoms with Crippen molar-refractivity contribution in [3.8, 4) is 16.9 Å². The van der Waals surface area contributed by atoms with Crippen LogP contribution in [0.15, 0.2) is 66.7 Å². The minimum Gasteiger partial charge on any atom is -0.506 e. The van der Waals surface area contributed by atoms with Crippen LogP contribution in [-0.2, 0) is 4.74 Å². The van der Waals surface area contributed by atoms with Crippen molar-refractivity contribution in [2.24, 2.45) is 0 Å². The summed E-state index contributed by atoms with van der Waals surface area (Å²) in [5.74, 6) is 0.0973. The standard InChI is InChI=1S/C24H21ClN2O3/c25-23-13-12-22(28)21(27-23)11-5-6-14-26-24(29)30-15-20-18-9-3-1-7-16(18)17-8-2-4-10-19(17)20/h1-5,7-13,20,28H,6,14-15H2,(H,26,29). The number of pyridine rings is 1. The maximum Gasteiger partial charge on any atom is 0.407 e. The zero-order chi connectivity index (χ0) is 20.9. The van der Waals surface area contributed by atoms with Crippen LogP contribution in [0.1, 0.15) is 29.2 Å². The van der Waals surface area contributed by atoms with Crippen molar-refractivity contribution < 1.29 is 14.6 Å². The molecule has 0 radical (unpaired) electrons. The molecule has 0 fully saturated rings. The predicted molar refractivity (Wildman–Crippen MR) is 118 cm³/mol. The van der Waals surface area contributed by atoms with Crippen LogP contribution in [0.25, 0.3) is 17.2 Å². The molecule has 3 aromatic rings. The topological polar surface area (TPSA) is 71.5 Å². The van der Waals surface area contributed by atoms with Gasteiger partial charge in [0, 0.05) is 12.5 Å². The van der Waals surface area contributed by atoms with E-state index in [2.05, 4.69) is 34.6 Å². The second-order valence-corrected chi connectivity index (χ2v) is 7.37. The van der Waals surface area contributed by atoms with Gasteiger partial charge in [-0.05, 0) is 46.9 Å². The lowest BCUT2D eigenvalue weighted by Crippen LogP contribution is -2.26. The zero-order valence-electron chi connectivity index (χ0n) is 16.2. The maximum atomic E-state index is 12.1. The van der Waals surface area contributed by atoms with E-state index in [4.69, 9.17) is 16.3 Å². The molecule has 1 aliphatic carbocycles. The summed E-state index contributed by atoms with van der Waals surface area (Å²) in [5.41, 5.74) is 5.16. The molecule has 1 aromatic heterocycles. The van der Waals surface area contributed by atoms with Crippen molar-refractivity contribution in [3.63, 3.8) is 0 Å². The Kier molecular flexibility index (Phi) is 6.00. The zero-order valence-corrected chi connectivity index (χ0v) is 17.0. The number of ether oxygens (including phenoxy) is 1. The number of fused-ring (bicyclic) bond motifs is 3. The van der Waals surface area contributed by atoms with Crippen LogP contribution in [-0.4, -0.2) is 29.3 Å². The molecular weight excluding hydrogens is 400 g/mol. The SMILES string of the molecule is O=C(NCCC=Cc1nc(Cl)ccc1O)OCC1c2ccccc2-c2ccccc21. The Morgan fingerprint density at radius 3 is 2.43 bits per heavy atom. The fourth-order valence-corrected chi connectivity index (χ4v) is 3.82. The van der Waals surface area contributed by atoms with E-state index in [1.165, 1.54) is 34.4 Å². The van der Waals surface area contributed by atoms with E-state index < -0.39 is 6.09 Å². The van der Waals surface area contributed by atoms with E-state index in [0.29, 0.717) is 23.8 Å². The van der Waals surface area contributed by atoms with Crippen LogP contribution >= 0.6 is 11.6 Å². The Balaban J connectivity index is 1.28. The van der Waals surface area contributed by atoms with Crippen LogP contribution in [0.4, 0.5) is 4.79 Å². The molecule has 0 atom stereocenters. The van der Waals surface area contributed by atoms with E-state index in [0.717, 1.165) is 0 Å². The van der Waals surface area contributed by atoms with Gasteiger partial charge < -0.3 is 15.2 Å². The molecule has 0 saturated heterocycles. The minimum absolute atomic E-state index is 0.0416. The highest BCUT2D eigenvalue weighted by atomic mass is 35.5. The van der Waals surface area contributed by atoms with Gasteiger partial charge in [-0.3, -0.25) is 0 Å². The first-order chi connectivity index (χ1) is 14.6. The number of carbonyl (C=O) groups excluding carboxylic acids is 1. The third-order valence-electron chi connectivity index (χ3n) is 5.07. The second kappa shape index (κ2) is 9.01. The van der Waals surface area contributed by atoms with Gasteiger partial charge in [-0.2, -0.15) is 0 Å². The molecule has 6 heteroatoms. The van der Waals surface area contributed by atoms with Crippen LogP contribution in [0.5, 0.6) is 5.75 Å². The van der Waals surface area contributed by atoms with E-state index in [-0.39, 0.29) is 18.3 Å². The van der Waals surface area contributed by atoms with Gasteiger partial charge in [0.15, 0.2) is 0 Å². The van der Waals surface area contributed by atoms with Crippen molar-refractivity contribution in [1.82, 2.24) is 10.3 Å². The molecule has 30 heavy (non-hydrogen) atoms. The lowest BCUT2D eigenvalue weighted by molar-refractivity contribution is 0.143. The number of hydrogen-bond donors (Lipinski definition) is 2. The quantitative estimate of drug-likeness (QED) is 0.414. The number of hydrogen-bond acceptors (Lipinski definition) is 4. The summed E-state index contributed by atoms with van der Waals surface area (Å²) >= 11 is 5.82. The Morgan fingerprint density at radius 2 is 1.73 bits per heavy atom. The van der Waals surface area contributed by atoms with Crippen molar-refractivity contribution in [2.75, 3.05) is 13.2 Å². The molecule has 2 N–H and O–H groups in total. The number of carbonyl (C=O) groups is 1. The molecule has 0 saturated carbocycles. The molecule has 0 spiro atoms. The Hall–Kier alpha value is -3.31.